The first kappa shape index (κ1) is 56.3. The minimum absolute atomic E-state index is 0.0738. The molecule has 6 heterocycles. The van der Waals surface area contributed by atoms with Gasteiger partial charge in [0.15, 0.2) is 6.29 Å². The molecular formula is C63H46BrF3N6O10. The summed E-state index contributed by atoms with van der Waals surface area (Å²) in [6.45, 7) is 8.88. The molecule has 6 amide bonds. The van der Waals surface area contributed by atoms with E-state index in [1.54, 1.807) is 106 Å². The molecule has 0 bridgehead atoms. The Hall–Kier alpha value is -9.95. The van der Waals surface area contributed by atoms with Crippen LogP contribution in [0.5, 0.6) is 17.2 Å². The molecule has 3 aliphatic rings. The number of pyridine rings is 3. The van der Waals surface area contributed by atoms with Crippen LogP contribution in [-0.2, 0) is 0 Å². The van der Waals surface area contributed by atoms with Crippen molar-refractivity contribution in [2.24, 2.45) is 0 Å². The molecule has 83 heavy (non-hydrogen) atoms. The normalized spacial score (nSPS) is 14.4. The van der Waals surface area contributed by atoms with Crippen LogP contribution in [0.15, 0.2) is 138 Å². The van der Waals surface area contributed by atoms with E-state index in [4.69, 9.17) is 14.2 Å². The molecule has 3 atom stereocenters. The van der Waals surface area contributed by atoms with Crippen LogP contribution < -0.4 is 14.2 Å². The fourth-order valence-electron chi connectivity index (χ4n) is 10.6. The van der Waals surface area contributed by atoms with Gasteiger partial charge in [0, 0.05) is 21.7 Å². The molecule has 20 heteroatoms. The van der Waals surface area contributed by atoms with Crippen LogP contribution >= 0.6 is 15.9 Å². The fourth-order valence-corrected chi connectivity index (χ4v) is 11.4. The van der Waals surface area contributed by atoms with Gasteiger partial charge >= 0.3 is 0 Å². The van der Waals surface area contributed by atoms with Crippen LogP contribution in [0.25, 0.3) is 38.8 Å². The molecule has 0 unspecified atom stereocenters. The summed E-state index contributed by atoms with van der Waals surface area (Å²) in [5.41, 5.74) is 5.23. The van der Waals surface area contributed by atoms with Gasteiger partial charge in [-0.3, -0.25) is 48.3 Å². The van der Waals surface area contributed by atoms with Gasteiger partial charge in [0.2, 0.25) is 0 Å². The zero-order valence-electron chi connectivity index (χ0n) is 45.0. The lowest BCUT2D eigenvalue weighted by Gasteiger charge is -2.25. The zero-order valence-corrected chi connectivity index (χ0v) is 46.6. The number of benzene rings is 6. The molecular weight excluding hydrogens is 1140 g/mol. The number of halogens is 4. The average molecular weight is 1180 g/mol. The Balaban J connectivity index is 0.000000139. The second-order valence-electron chi connectivity index (χ2n) is 19.1. The lowest BCUT2D eigenvalue weighted by atomic mass is 10.0. The molecule has 0 radical (unpaired) electrons. The fraction of sp³-hybridized carbons (Fsp3) is 0.143. The number of carbonyl (C=O) groups is 7. The zero-order chi connectivity index (χ0) is 59.3. The molecule has 416 valence electrons. The number of hydrogen-bond acceptors (Lipinski definition) is 13. The first-order chi connectivity index (χ1) is 39.9. The highest BCUT2D eigenvalue weighted by Crippen LogP contribution is 2.43. The van der Waals surface area contributed by atoms with E-state index >= 15 is 0 Å². The summed E-state index contributed by atoms with van der Waals surface area (Å²) in [5.74, 6) is -2.75. The number of amides is 6. The van der Waals surface area contributed by atoms with Crippen molar-refractivity contribution in [3.63, 3.8) is 0 Å². The minimum atomic E-state index is -0.823. The Morgan fingerprint density at radius 1 is 0.446 bits per heavy atom. The first-order valence-electron chi connectivity index (χ1n) is 25.5. The standard InChI is InChI=1S/C22H17FN2O3.C21H15FN2O4.C20H14BrFN2O3/c1-4-14-19(24-18-10-9-13(23)11-17(18)20(14)28-3)12(2)25-21(26)15-7-5-6-8-16(15)22(25)27;1-11(24-20(26)13-5-3-4-6-14(13)21(24)27)18-16(10-25)19(28-2)15-9-12(22)7-8-17(15)23-18;1-10(24-19(25)12-5-3-4-6-13(12)20(24)26)17-16(21)18(27-2)14-9-11(22)7-8-15(14)23-17/h4-12H,1H2,2-3H3;3-11H,1-2H3;3-10H,1-2H3/t12-;11-;10-/m000/s1. The van der Waals surface area contributed by atoms with E-state index in [1.165, 1.54) is 79.7 Å². The predicted molar refractivity (Wildman–Crippen MR) is 304 cm³/mol. The van der Waals surface area contributed by atoms with Gasteiger partial charge in [-0.05, 0) is 128 Å². The molecule has 3 aromatic heterocycles. The van der Waals surface area contributed by atoms with Crippen molar-refractivity contribution in [1.29, 1.82) is 0 Å². The number of fused-ring (bicyclic) bond motifs is 6. The largest absolute Gasteiger partial charge is 0.495 e. The van der Waals surface area contributed by atoms with Crippen LogP contribution in [0.3, 0.4) is 0 Å². The maximum atomic E-state index is 13.7. The number of rotatable bonds is 11. The molecule has 16 nitrogen and oxygen atoms in total. The van der Waals surface area contributed by atoms with Crippen LogP contribution in [-0.4, -0.2) is 92.7 Å². The third-order valence-corrected chi connectivity index (χ3v) is 15.3. The van der Waals surface area contributed by atoms with Gasteiger partial charge in [0.05, 0.1) is 117 Å². The van der Waals surface area contributed by atoms with Gasteiger partial charge in [0.25, 0.3) is 35.4 Å². The van der Waals surface area contributed by atoms with Gasteiger partial charge in [-0.1, -0.05) is 49.1 Å². The maximum absolute atomic E-state index is 13.7. The molecule has 6 aromatic carbocycles. The molecule has 0 saturated carbocycles. The highest BCUT2D eigenvalue weighted by atomic mass is 79.9. The molecule has 12 rings (SSSR count). The van der Waals surface area contributed by atoms with Gasteiger partial charge in [-0.2, -0.15) is 0 Å². The van der Waals surface area contributed by atoms with Crippen LogP contribution in [0, 0.1) is 17.5 Å². The van der Waals surface area contributed by atoms with Crippen molar-refractivity contribution >= 4 is 96.4 Å². The molecule has 0 aliphatic carbocycles. The highest BCUT2D eigenvalue weighted by Gasteiger charge is 2.43. The number of aromatic nitrogens is 3. The highest BCUT2D eigenvalue weighted by molar-refractivity contribution is 9.10. The molecule has 0 N–H and O–H groups in total. The molecule has 0 fully saturated rings. The summed E-state index contributed by atoms with van der Waals surface area (Å²) in [5, 5.41) is 1.33. The number of carbonyl (C=O) groups excluding carboxylic acids is 7. The summed E-state index contributed by atoms with van der Waals surface area (Å²) >= 11 is 3.45. The maximum Gasteiger partial charge on any atom is 0.262 e. The predicted octanol–water partition coefficient (Wildman–Crippen LogP) is 12.4. The van der Waals surface area contributed by atoms with Crippen molar-refractivity contribution in [2.45, 2.75) is 38.9 Å². The van der Waals surface area contributed by atoms with Crippen LogP contribution in [0.1, 0.15) is 134 Å². The quantitative estimate of drug-likeness (QED) is 0.0877. The third-order valence-electron chi connectivity index (χ3n) is 14.6. The summed E-state index contributed by atoms with van der Waals surface area (Å²) in [6, 6.07) is 30.1. The summed E-state index contributed by atoms with van der Waals surface area (Å²) in [4.78, 5) is 106. The van der Waals surface area contributed by atoms with E-state index in [1.807, 2.05) is 0 Å². The number of imide groups is 3. The van der Waals surface area contributed by atoms with E-state index in [0.29, 0.717) is 105 Å². The van der Waals surface area contributed by atoms with Crippen molar-refractivity contribution in [2.75, 3.05) is 21.3 Å². The minimum Gasteiger partial charge on any atom is -0.495 e. The number of methoxy groups -OCH3 is 3. The second kappa shape index (κ2) is 22.5. The molecule has 0 saturated heterocycles. The van der Waals surface area contributed by atoms with Crippen molar-refractivity contribution in [3.8, 4) is 17.2 Å². The lowest BCUT2D eigenvalue weighted by molar-refractivity contribution is 0.0576. The van der Waals surface area contributed by atoms with Crippen molar-refractivity contribution < 1.29 is 60.9 Å². The summed E-state index contributed by atoms with van der Waals surface area (Å²) < 4.78 is 57.8. The number of ether oxygens (including phenoxy) is 3. The molecule has 0 spiro atoms. The first-order valence-corrected chi connectivity index (χ1v) is 26.3. The van der Waals surface area contributed by atoms with Crippen molar-refractivity contribution in [3.05, 3.63) is 217 Å². The Morgan fingerprint density at radius 2 is 0.723 bits per heavy atom. The monoisotopic (exact) mass is 1180 g/mol. The Kier molecular flexibility index (Phi) is 15.3. The third kappa shape index (κ3) is 9.59. The number of aldehydes is 1. The average Bonchev–Trinajstić information content (AvgIpc) is 3.95. The van der Waals surface area contributed by atoms with Gasteiger partial charge in [-0.25, -0.2) is 28.1 Å². The van der Waals surface area contributed by atoms with E-state index in [0.717, 1.165) is 4.90 Å². The number of nitrogens with zero attached hydrogens (tertiary/aromatic N) is 6. The van der Waals surface area contributed by atoms with Gasteiger partial charge in [0.1, 0.15) is 34.7 Å². The summed E-state index contributed by atoms with van der Waals surface area (Å²) in [6.07, 6.45) is 2.08. The lowest BCUT2D eigenvalue weighted by Crippen LogP contribution is -2.33. The van der Waals surface area contributed by atoms with Crippen molar-refractivity contribution in [1.82, 2.24) is 29.7 Å². The Morgan fingerprint density at radius 3 is 1.02 bits per heavy atom. The smallest absolute Gasteiger partial charge is 0.262 e. The van der Waals surface area contributed by atoms with E-state index in [-0.39, 0.29) is 40.6 Å². The van der Waals surface area contributed by atoms with Gasteiger partial charge < -0.3 is 14.2 Å². The van der Waals surface area contributed by atoms with E-state index in [9.17, 15) is 46.7 Å². The van der Waals surface area contributed by atoms with Crippen LogP contribution in [0.4, 0.5) is 13.2 Å². The topological polar surface area (TPSA) is 196 Å². The second-order valence-corrected chi connectivity index (χ2v) is 19.9. The van der Waals surface area contributed by atoms with Crippen LogP contribution in [0.2, 0.25) is 0 Å². The Labute approximate surface area is 479 Å². The van der Waals surface area contributed by atoms with E-state index < -0.39 is 47.4 Å². The van der Waals surface area contributed by atoms with E-state index in [2.05, 4.69) is 37.5 Å². The molecule has 3 aliphatic heterocycles. The SMILES string of the molecule is C=Cc1c([C@H](C)N2C(=O)c3ccccc3C2=O)nc2ccc(F)cc2c1OC.COc1c(Br)c([C@H](C)N2C(=O)c3ccccc3C2=O)nc2ccc(F)cc12.COc1c(C=O)c([C@H](C)N2C(=O)c3ccccc3C2=O)nc2ccc(F)cc12. The van der Waals surface area contributed by atoms with Gasteiger partial charge in [-0.15, -0.1) is 0 Å². The Bertz CT molecular complexity index is 4000. The summed E-state index contributed by atoms with van der Waals surface area (Å²) in [7, 11) is 4.31. The molecule has 9 aromatic rings. The number of hydrogen-bond donors (Lipinski definition) is 0.